The van der Waals surface area contributed by atoms with Crippen molar-refractivity contribution in [3.8, 4) is 0 Å². The van der Waals surface area contributed by atoms with Gasteiger partial charge in [-0.1, -0.05) is 234 Å². The van der Waals surface area contributed by atoms with Crippen molar-refractivity contribution in [1.82, 2.24) is 0 Å². The molecule has 0 spiro atoms. The van der Waals surface area contributed by atoms with E-state index in [1.54, 1.807) is 0 Å². The van der Waals surface area contributed by atoms with E-state index in [0.29, 0.717) is 19.3 Å². The summed E-state index contributed by atoms with van der Waals surface area (Å²) in [5.74, 6) is -0.945. The van der Waals surface area contributed by atoms with Crippen molar-refractivity contribution < 1.29 is 28.6 Å². The van der Waals surface area contributed by atoms with Crippen LogP contribution in [0.1, 0.15) is 245 Å². The van der Waals surface area contributed by atoms with E-state index >= 15 is 0 Å². The van der Waals surface area contributed by atoms with Crippen LogP contribution in [0.2, 0.25) is 0 Å². The van der Waals surface area contributed by atoms with Crippen molar-refractivity contribution in [3.63, 3.8) is 0 Å². The van der Waals surface area contributed by atoms with Crippen LogP contribution in [-0.4, -0.2) is 37.2 Å². The molecule has 0 radical (unpaired) electrons. The van der Waals surface area contributed by atoms with Crippen LogP contribution in [0.5, 0.6) is 0 Å². The van der Waals surface area contributed by atoms with Gasteiger partial charge in [0, 0.05) is 19.3 Å². The maximum Gasteiger partial charge on any atom is 0.306 e. The summed E-state index contributed by atoms with van der Waals surface area (Å²) in [5.41, 5.74) is 0. The van der Waals surface area contributed by atoms with Gasteiger partial charge in [0.05, 0.1) is 0 Å². The summed E-state index contributed by atoms with van der Waals surface area (Å²) >= 11 is 0. The van der Waals surface area contributed by atoms with Gasteiger partial charge in [-0.3, -0.25) is 14.4 Å². The van der Waals surface area contributed by atoms with E-state index in [2.05, 4.69) is 93.7 Å². The first-order valence-electron chi connectivity index (χ1n) is 27.3. The van der Waals surface area contributed by atoms with Gasteiger partial charge in [-0.15, -0.1) is 0 Å². The molecule has 0 N–H and O–H groups in total. The number of unbranched alkanes of at least 4 members (excludes halogenated alkanes) is 25. The van der Waals surface area contributed by atoms with Gasteiger partial charge in [-0.25, -0.2) is 0 Å². The number of ether oxygens (including phenoxy) is 3. The number of rotatable bonds is 48. The van der Waals surface area contributed by atoms with Crippen molar-refractivity contribution in [3.05, 3.63) is 97.2 Å². The molecule has 0 fully saturated rings. The highest BCUT2D eigenvalue weighted by Gasteiger charge is 2.19. The standard InChI is InChI=1S/C60H100O6/c1-4-7-10-13-16-19-22-25-27-29-31-33-35-38-41-44-47-50-53-59(62)65-56-57(55-64-58(61)52-49-46-43-40-37-24-21-18-15-12-9-6-3)66-60(63)54-51-48-45-42-39-36-34-32-30-28-26-23-20-17-14-11-8-5-2/h9-10,12-13,16,18-19,21-22,25,27,29,31-34,57H,4-8,11,14-15,17,20,23-24,26,28,30,35-56H2,1-3H3/b12-9-,13-10-,19-16-,21-18-,25-22-,29-27-,33-31-,34-32-. The third-order valence-corrected chi connectivity index (χ3v) is 11.4. The molecule has 376 valence electrons. The van der Waals surface area contributed by atoms with Crippen LogP contribution in [0.15, 0.2) is 97.2 Å². The Balaban J connectivity index is 4.45. The lowest BCUT2D eigenvalue weighted by molar-refractivity contribution is -0.167. The van der Waals surface area contributed by atoms with E-state index in [1.807, 2.05) is 24.3 Å². The first-order valence-corrected chi connectivity index (χ1v) is 27.3. The summed E-state index contributed by atoms with van der Waals surface area (Å²) in [7, 11) is 0. The van der Waals surface area contributed by atoms with Crippen molar-refractivity contribution in [1.29, 1.82) is 0 Å². The Bertz CT molecular complexity index is 1330. The van der Waals surface area contributed by atoms with Crippen molar-refractivity contribution in [2.75, 3.05) is 13.2 Å². The van der Waals surface area contributed by atoms with Gasteiger partial charge in [0.1, 0.15) is 13.2 Å². The zero-order valence-corrected chi connectivity index (χ0v) is 42.9. The second kappa shape index (κ2) is 53.9. The van der Waals surface area contributed by atoms with Gasteiger partial charge < -0.3 is 14.2 Å². The molecule has 1 atom stereocenters. The predicted octanol–water partition coefficient (Wildman–Crippen LogP) is 18.1. The summed E-state index contributed by atoms with van der Waals surface area (Å²) in [6.07, 6.45) is 71.0. The SMILES string of the molecule is CC/C=C\C/C=C\CCCCCCCC(=O)OCC(COC(=O)CCCCCCC\C=C/C=C\C=C/C=C\C=C/CCC)OC(=O)CCCCCCC/C=C\CCCCCCCCCCC. The van der Waals surface area contributed by atoms with E-state index in [9.17, 15) is 14.4 Å². The number of allylic oxidation sites excluding steroid dienone is 16. The largest absolute Gasteiger partial charge is 0.462 e. The maximum atomic E-state index is 12.8. The Labute approximate surface area is 407 Å². The van der Waals surface area contributed by atoms with Crippen molar-refractivity contribution >= 4 is 17.9 Å². The van der Waals surface area contributed by atoms with Crippen LogP contribution >= 0.6 is 0 Å². The summed E-state index contributed by atoms with van der Waals surface area (Å²) < 4.78 is 16.8. The van der Waals surface area contributed by atoms with E-state index in [-0.39, 0.29) is 31.1 Å². The molecular formula is C60H100O6. The summed E-state index contributed by atoms with van der Waals surface area (Å²) in [5, 5.41) is 0. The summed E-state index contributed by atoms with van der Waals surface area (Å²) in [4.78, 5) is 38.1. The third kappa shape index (κ3) is 51.3. The van der Waals surface area contributed by atoms with Crippen LogP contribution in [0.4, 0.5) is 0 Å². The van der Waals surface area contributed by atoms with Gasteiger partial charge >= 0.3 is 17.9 Å². The fourth-order valence-electron chi connectivity index (χ4n) is 7.33. The van der Waals surface area contributed by atoms with E-state index < -0.39 is 6.10 Å². The van der Waals surface area contributed by atoms with Crippen LogP contribution in [-0.2, 0) is 28.6 Å². The Morgan fingerprint density at radius 1 is 0.333 bits per heavy atom. The predicted molar refractivity (Wildman–Crippen MR) is 284 cm³/mol. The number of esters is 3. The molecule has 0 aliphatic rings. The molecule has 0 bridgehead atoms. The Morgan fingerprint density at radius 3 is 1.12 bits per heavy atom. The maximum absolute atomic E-state index is 12.8. The average Bonchev–Trinajstić information content (AvgIpc) is 3.31. The van der Waals surface area contributed by atoms with Crippen LogP contribution in [0.25, 0.3) is 0 Å². The van der Waals surface area contributed by atoms with Crippen LogP contribution in [0.3, 0.4) is 0 Å². The summed E-state index contributed by atoms with van der Waals surface area (Å²) in [6.45, 7) is 6.40. The lowest BCUT2D eigenvalue weighted by atomic mass is 10.1. The molecule has 6 nitrogen and oxygen atoms in total. The Kier molecular flexibility index (Phi) is 50.9. The van der Waals surface area contributed by atoms with Crippen LogP contribution in [0, 0.1) is 0 Å². The lowest BCUT2D eigenvalue weighted by Crippen LogP contribution is -2.30. The van der Waals surface area contributed by atoms with E-state index in [4.69, 9.17) is 14.2 Å². The van der Waals surface area contributed by atoms with Crippen molar-refractivity contribution in [2.24, 2.45) is 0 Å². The Hall–Kier alpha value is -3.67. The highest BCUT2D eigenvalue weighted by atomic mass is 16.6. The zero-order valence-electron chi connectivity index (χ0n) is 42.9. The van der Waals surface area contributed by atoms with Gasteiger partial charge in [0.2, 0.25) is 0 Å². The molecule has 0 aliphatic carbocycles. The third-order valence-electron chi connectivity index (χ3n) is 11.4. The van der Waals surface area contributed by atoms with Crippen molar-refractivity contribution in [2.45, 2.75) is 252 Å². The second-order valence-electron chi connectivity index (χ2n) is 17.9. The first kappa shape index (κ1) is 62.3. The van der Waals surface area contributed by atoms with Gasteiger partial charge in [-0.05, 0) is 89.9 Å². The molecule has 0 rings (SSSR count). The molecule has 0 aromatic carbocycles. The van der Waals surface area contributed by atoms with E-state index in [1.165, 1.54) is 77.0 Å². The van der Waals surface area contributed by atoms with Gasteiger partial charge in [0.25, 0.3) is 0 Å². The number of hydrogen-bond acceptors (Lipinski definition) is 6. The molecular weight excluding hydrogens is 817 g/mol. The molecule has 6 heteroatoms. The average molecular weight is 917 g/mol. The van der Waals surface area contributed by atoms with E-state index in [0.717, 1.165) is 128 Å². The lowest BCUT2D eigenvalue weighted by Gasteiger charge is -2.18. The normalized spacial score (nSPS) is 12.8. The molecule has 0 aromatic rings. The zero-order chi connectivity index (χ0) is 47.9. The fourth-order valence-corrected chi connectivity index (χ4v) is 7.33. The molecule has 1 unspecified atom stereocenters. The molecule has 0 saturated carbocycles. The molecule has 66 heavy (non-hydrogen) atoms. The minimum absolute atomic E-state index is 0.0977. The first-order chi connectivity index (χ1) is 32.5. The minimum Gasteiger partial charge on any atom is -0.462 e. The molecule has 0 aliphatic heterocycles. The van der Waals surface area contributed by atoms with Gasteiger partial charge in [0.15, 0.2) is 6.10 Å². The van der Waals surface area contributed by atoms with Gasteiger partial charge in [-0.2, -0.15) is 0 Å². The number of carbonyl (C=O) groups excluding carboxylic acids is 3. The molecule has 0 aromatic heterocycles. The quantitative estimate of drug-likeness (QED) is 0.0199. The second-order valence-corrected chi connectivity index (χ2v) is 17.9. The smallest absolute Gasteiger partial charge is 0.306 e. The molecule has 0 amide bonds. The highest BCUT2D eigenvalue weighted by Crippen LogP contribution is 2.14. The van der Waals surface area contributed by atoms with Crippen LogP contribution < -0.4 is 0 Å². The highest BCUT2D eigenvalue weighted by molar-refractivity contribution is 5.71. The number of carbonyl (C=O) groups is 3. The fraction of sp³-hybridized carbons (Fsp3) is 0.683. The summed E-state index contributed by atoms with van der Waals surface area (Å²) in [6, 6.07) is 0. The molecule has 0 saturated heterocycles. The molecule has 0 heterocycles. The number of hydrogen-bond donors (Lipinski definition) is 0. The minimum atomic E-state index is -0.799. The topological polar surface area (TPSA) is 78.9 Å². The Morgan fingerprint density at radius 2 is 0.682 bits per heavy atom. The monoisotopic (exact) mass is 917 g/mol.